The third-order valence-electron chi connectivity index (χ3n) is 5.48. The highest BCUT2D eigenvalue weighted by molar-refractivity contribution is 5.87. The summed E-state index contributed by atoms with van der Waals surface area (Å²) in [4.78, 5) is 12.0. The number of carbonyl (C=O) groups is 1. The van der Waals surface area contributed by atoms with Gasteiger partial charge in [0, 0.05) is 6.08 Å². The number of phenolic OH excluding ortho intramolecular Hbond substituents is 1. The van der Waals surface area contributed by atoms with Crippen molar-refractivity contribution in [1.82, 2.24) is 0 Å². The number of aliphatic hydroxyl groups is 7. The van der Waals surface area contributed by atoms with E-state index in [1.54, 1.807) is 12.1 Å². The molecule has 1 aromatic carbocycles. The topological polar surface area (TPSA) is 216 Å². The molecular formula is C21H28O13. The molecule has 3 rings (SSSR count). The molecule has 2 heterocycles. The van der Waals surface area contributed by atoms with Crippen LogP contribution < -0.4 is 0 Å². The minimum absolute atomic E-state index is 0.0650. The van der Waals surface area contributed by atoms with Gasteiger partial charge in [0.05, 0.1) is 6.61 Å². The van der Waals surface area contributed by atoms with Crippen molar-refractivity contribution in [3.05, 3.63) is 35.9 Å². The lowest BCUT2D eigenvalue weighted by molar-refractivity contribution is -0.326. The molecule has 2 aliphatic rings. The van der Waals surface area contributed by atoms with Crippen LogP contribution in [0.25, 0.3) is 6.08 Å². The Morgan fingerprint density at radius 2 is 1.38 bits per heavy atom. The minimum atomic E-state index is -1.79. The van der Waals surface area contributed by atoms with Crippen LogP contribution in [0, 0.1) is 0 Å². The van der Waals surface area contributed by atoms with E-state index in [0.29, 0.717) is 5.56 Å². The quantitative estimate of drug-likeness (QED) is 0.139. The first kappa shape index (κ1) is 26.4. The Morgan fingerprint density at radius 1 is 0.794 bits per heavy atom. The highest BCUT2D eigenvalue weighted by Gasteiger charge is 2.47. The van der Waals surface area contributed by atoms with Gasteiger partial charge in [0.15, 0.2) is 12.6 Å². The van der Waals surface area contributed by atoms with Crippen molar-refractivity contribution in [3.63, 3.8) is 0 Å². The van der Waals surface area contributed by atoms with Crippen LogP contribution >= 0.6 is 0 Å². The number of hydrogen-bond acceptors (Lipinski definition) is 13. The Hall–Kier alpha value is -2.17. The van der Waals surface area contributed by atoms with Crippen LogP contribution in [0.1, 0.15) is 5.56 Å². The van der Waals surface area contributed by atoms with Gasteiger partial charge in [0.1, 0.15) is 61.2 Å². The predicted octanol–water partition coefficient (Wildman–Crippen LogP) is -3.43. The number of hydrogen-bond donors (Lipinski definition) is 8. The molecule has 0 spiro atoms. The highest BCUT2D eigenvalue weighted by atomic mass is 16.7. The molecule has 0 aromatic heterocycles. The monoisotopic (exact) mass is 488 g/mol. The zero-order chi connectivity index (χ0) is 25.0. The lowest BCUT2D eigenvalue weighted by Gasteiger charge is -2.42. The van der Waals surface area contributed by atoms with Gasteiger partial charge < -0.3 is 59.8 Å². The molecule has 13 heteroatoms. The molecule has 1 aromatic rings. The van der Waals surface area contributed by atoms with E-state index < -0.39 is 80.6 Å². The van der Waals surface area contributed by atoms with Crippen molar-refractivity contribution in [3.8, 4) is 5.75 Å². The van der Waals surface area contributed by atoms with E-state index in [2.05, 4.69) is 0 Å². The number of aromatic hydroxyl groups is 1. The first-order chi connectivity index (χ1) is 16.1. The summed E-state index contributed by atoms with van der Waals surface area (Å²) in [6.45, 7) is -1.04. The van der Waals surface area contributed by atoms with Crippen molar-refractivity contribution in [2.45, 2.75) is 61.4 Å². The van der Waals surface area contributed by atoms with E-state index in [1.807, 2.05) is 0 Å². The molecule has 10 atom stereocenters. The van der Waals surface area contributed by atoms with Crippen LogP contribution in [0.4, 0.5) is 0 Å². The normalized spacial score (nSPS) is 38.7. The summed E-state index contributed by atoms with van der Waals surface area (Å²) >= 11 is 0. The Kier molecular flexibility index (Phi) is 8.95. The Balaban J connectivity index is 1.53. The van der Waals surface area contributed by atoms with Crippen LogP contribution in [0.2, 0.25) is 0 Å². The fourth-order valence-electron chi connectivity index (χ4n) is 3.41. The summed E-state index contributed by atoms with van der Waals surface area (Å²) in [6, 6.07) is 6.01. The largest absolute Gasteiger partial charge is 0.508 e. The van der Waals surface area contributed by atoms with Gasteiger partial charge in [-0.05, 0) is 23.8 Å². The van der Waals surface area contributed by atoms with E-state index in [9.17, 15) is 45.6 Å². The smallest absolute Gasteiger partial charge is 0.330 e. The van der Waals surface area contributed by atoms with Crippen LogP contribution in [0.3, 0.4) is 0 Å². The van der Waals surface area contributed by atoms with E-state index in [4.69, 9.17) is 18.9 Å². The second-order valence-electron chi connectivity index (χ2n) is 7.94. The standard InChI is InChI=1S/C21H28O13/c22-10-4-1-9(2-5-10)3-6-13(23)31-7-12-15(25)17(27)19(29)21(34-12)32-8-11-14(24)16(26)18(28)20(30)33-11/h1-6,11-12,14-22,24-30H,7-8H2. The molecule has 0 saturated carbocycles. The Labute approximate surface area is 193 Å². The molecule has 0 amide bonds. The van der Waals surface area contributed by atoms with Gasteiger partial charge in [-0.15, -0.1) is 0 Å². The maximum atomic E-state index is 12.0. The van der Waals surface area contributed by atoms with Crippen molar-refractivity contribution in [2.75, 3.05) is 13.2 Å². The molecule has 8 N–H and O–H groups in total. The number of aliphatic hydroxyl groups excluding tert-OH is 7. The molecular weight excluding hydrogens is 460 g/mol. The summed E-state index contributed by atoms with van der Waals surface area (Å²) in [5.41, 5.74) is 0.616. The fraction of sp³-hybridized carbons (Fsp3) is 0.571. The number of carbonyl (C=O) groups excluding carboxylic acids is 1. The van der Waals surface area contributed by atoms with Gasteiger partial charge in [0.2, 0.25) is 0 Å². The van der Waals surface area contributed by atoms with Gasteiger partial charge in [-0.2, -0.15) is 0 Å². The lowest BCUT2D eigenvalue weighted by atomic mass is 9.98. The van der Waals surface area contributed by atoms with E-state index in [-0.39, 0.29) is 5.75 Å². The summed E-state index contributed by atoms with van der Waals surface area (Å²) in [6.07, 6.45) is -13.6. The van der Waals surface area contributed by atoms with Crippen molar-refractivity contribution < 1.29 is 64.6 Å². The number of ether oxygens (including phenoxy) is 4. The molecule has 190 valence electrons. The van der Waals surface area contributed by atoms with Crippen LogP contribution in [-0.2, 0) is 23.7 Å². The zero-order valence-corrected chi connectivity index (χ0v) is 17.8. The number of benzene rings is 1. The molecule has 0 aliphatic carbocycles. The molecule has 10 unspecified atom stereocenters. The Morgan fingerprint density at radius 3 is 2.03 bits per heavy atom. The van der Waals surface area contributed by atoms with Gasteiger partial charge in [-0.3, -0.25) is 0 Å². The van der Waals surface area contributed by atoms with Crippen LogP contribution in [0.5, 0.6) is 5.75 Å². The van der Waals surface area contributed by atoms with E-state index in [0.717, 1.165) is 6.08 Å². The minimum Gasteiger partial charge on any atom is -0.508 e. The number of esters is 1. The SMILES string of the molecule is O=C(C=Cc1ccc(O)cc1)OCC1OC(OCC2OC(O)C(O)C(O)C2O)C(O)C(O)C1O. The number of rotatable bonds is 7. The molecule has 0 radical (unpaired) electrons. The third-order valence-corrected chi connectivity index (χ3v) is 5.48. The summed E-state index contributed by atoms with van der Waals surface area (Å²) in [7, 11) is 0. The van der Waals surface area contributed by atoms with Crippen molar-refractivity contribution in [2.24, 2.45) is 0 Å². The van der Waals surface area contributed by atoms with Crippen molar-refractivity contribution >= 4 is 12.0 Å². The Bertz CT molecular complexity index is 830. The molecule has 2 fully saturated rings. The maximum Gasteiger partial charge on any atom is 0.330 e. The van der Waals surface area contributed by atoms with Gasteiger partial charge in [-0.25, -0.2) is 4.79 Å². The average molecular weight is 488 g/mol. The number of phenols is 1. The lowest BCUT2D eigenvalue weighted by Crippen LogP contribution is -2.61. The second kappa shape index (κ2) is 11.5. The van der Waals surface area contributed by atoms with Gasteiger partial charge >= 0.3 is 5.97 Å². The second-order valence-corrected chi connectivity index (χ2v) is 7.94. The molecule has 13 nitrogen and oxygen atoms in total. The third kappa shape index (κ3) is 6.28. The predicted molar refractivity (Wildman–Crippen MR) is 110 cm³/mol. The zero-order valence-electron chi connectivity index (χ0n) is 17.8. The summed E-state index contributed by atoms with van der Waals surface area (Å²) < 4.78 is 20.7. The van der Waals surface area contributed by atoms with E-state index in [1.165, 1.54) is 18.2 Å². The average Bonchev–Trinajstić information content (AvgIpc) is 2.82. The molecule has 34 heavy (non-hydrogen) atoms. The van der Waals surface area contributed by atoms with Crippen LogP contribution in [-0.4, -0.2) is 121 Å². The molecule has 2 saturated heterocycles. The van der Waals surface area contributed by atoms with Gasteiger partial charge in [0.25, 0.3) is 0 Å². The molecule has 0 bridgehead atoms. The maximum absolute atomic E-state index is 12.0. The highest BCUT2D eigenvalue weighted by Crippen LogP contribution is 2.25. The first-order valence-corrected chi connectivity index (χ1v) is 10.4. The van der Waals surface area contributed by atoms with E-state index >= 15 is 0 Å². The fourth-order valence-corrected chi connectivity index (χ4v) is 3.41. The van der Waals surface area contributed by atoms with Crippen LogP contribution in [0.15, 0.2) is 30.3 Å². The summed E-state index contributed by atoms with van der Waals surface area (Å²) in [5.74, 6) is -0.725. The first-order valence-electron chi connectivity index (χ1n) is 10.4. The van der Waals surface area contributed by atoms with Crippen molar-refractivity contribution in [1.29, 1.82) is 0 Å². The summed E-state index contributed by atoms with van der Waals surface area (Å²) in [5, 5.41) is 78.4. The van der Waals surface area contributed by atoms with Gasteiger partial charge in [-0.1, -0.05) is 12.1 Å². The molecule has 2 aliphatic heterocycles.